The van der Waals surface area contributed by atoms with E-state index < -0.39 is 83.7 Å². The second-order valence-electron chi connectivity index (χ2n) is 15.0. The van der Waals surface area contributed by atoms with Crippen LogP contribution in [-0.4, -0.2) is 87.7 Å². The van der Waals surface area contributed by atoms with E-state index in [9.17, 15) is 28.8 Å². The number of azide groups is 1. The zero-order valence-electron chi connectivity index (χ0n) is 31.1. The normalized spacial score (nSPS) is 17.0. The molecule has 2 heterocycles. The van der Waals surface area contributed by atoms with Crippen LogP contribution in [0.1, 0.15) is 86.1 Å². The number of para-hydroxylation sites is 1. The molecule has 5 amide bonds. The van der Waals surface area contributed by atoms with Crippen LogP contribution in [0.4, 0.5) is 0 Å². The standard InChI is InChI=1S/C36H53N9O7/c1-20(2)16-26(32(48)43-44-38)40-34(50)30(21(3)4)42-33(49)28-14-10-11-15-45(28)35(51)27(18-29(46)52-36(5,6)7)41-31(47)24(37)17-22-19-39-25-13-9-8-12-23(22)25/h8-9,12-13,19-21,24,26-28,30,39H,10-11,14-18,37H2,1-7H3,(H,40,50)(H,41,47)(H,42,49)/t24-,26+,27-,28+,30-/m1/s1. The van der Waals surface area contributed by atoms with Crippen LogP contribution in [0.15, 0.2) is 35.6 Å². The highest BCUT2D eigenvalue weighted by atomic mass is 16.6. The van der Waals surface area contributed by atoms with E-state index in [0.29, 0.717) is 12.8 Å². The summed E-state index contributed by atoms with van der Waals surface area (Å²) in [6.07, 6.45) is 3.08. The van der Waals surface area contributed by atoms with Crippen molar-refractivity contribution >= 4 is 46.4 Å². The van der Waals surface area contributed by atoms with Gasteiger partial charge in [-0.25, -0.2) is 0 Å². The van der Waals surface area contributed by atoms with Gasteiger partial charge in [0.05, 0.1) is 18.5 Å². The van der Waals surface area contributed by atoms with Crippen LogP contribution in [0.25, 0.3) is 21.3 Å². The Morgan fingerprint density at radius 2 is 1.69 bits per heavy atom. The quantitative estimate of drug-likeness (QED) is 0.0789. The fourth-order valence-electron chi connectivity index (χ4n) is 6.18. The topological polar surface area (TPSA) is 242 Å². The van der Waals surface area contributed by atoms with Gasteiger partial charge in [-0.1, -0.05) is 45.9 Å². The van der Waals surface area contributed by atoms with Crippen LogP contribution in [-0.2, 0) is 39.9 Å². The molecule has 5 atom stereocenters. The SMILES string of the molecule is CC(C)C[C@H](NC(=O)[C@H](NC(=O)[C@@H]1CCCCN1C(=O)[C@@H](CC(=O)OC(C)(C)C)NC(=O)[C@H](N)Cc1c[nH]c2ccccc12)C(C)C)C(=O)N=[N+]=[N-]. The first kappa shape index (κ1) is 41.5. The van der Waals surface area contributed by atoms with Crippen molar-refractivity contribution in [2.75, 3.05) is 6.54 Å². The van der Waals surface area contributed by atoms with Crippen LogP contribution < -0.4 is 21.7 Å². The summed E-state index contributed by atoms with van der Waals surface area (Å²) in [5.74, 6) is -4.60. The third kappa shape index (κ3) is 11.8. The molecule has 52 heavy (non-hydrogen) atoms. The lowest BCUT2D eigenvalue weighted by Crippen LogP contribution is -2.61. The Morgan fingerprint density at radius 3 is 2.33 bits per heavy atom. The van der Waals surface area contributed by atoms with Crippen molar-refractivity contribution in [2.24, 2.45) is 22.7 Å². The third-order valence-corrected chi connectivity index (χ3v) is 8.66. The van der Waals surface area contributed by atoms with E-state index >= 15 is 0 Å². The van der Waals surface area contributed by atoms with E-state index in [2.05, 4.69) is 31.0 Å². The average molecular weight is 724 g/mol. The molecule has 0 radical (unpaired) electrons. The number of carbonyl (C=O) groups excluding carboxylic acids is 6. The van der Waals surface area contributed by atoms with Gasteiger partial charge in [-0.2, -0.15) is 0 Å². The predicted molar refractivity (Wildman–Crippen MR) is 194 cm³/mol. The third-order valence-electron chi connectivity index (χ3n) is 8.66. The second kappa shape index (κ2) is 18.5. The molecule has 16 heteroatoms. The zero-order valence-corrected chi connectivity index (χ0v) is 31.1. The maximum absolute atomic E-state index is 14.2. The molecular formula is C36H53N9O7. The number of likely N-dealkylation sites (tertiary alicyclic amines) is 1. The molecule has 284 valence electrons. The van der Waals surface area contributed by atoms with Crippen LogP contribution in [0, 0.1) is 11.8 Å². The number of nitrogens with zero attached hydrogens (tertiary/aromatic N) is 4. The van der Waals surface area contributed by atoms with Crippen molar-refractivity contribution in [3.8, 4) is 0 Å². The number of piperidine rings is 1. The van der Waals surface area contributed by atoms with Gasteiger partial charge in [-0.15, -0.1) is 0 Å². The van der Waals surface area contributed by atoms with Gasteiger partial charge in [0, 0.05) is 28.6 Å². The number of hydrogen-bond donors (Lipinski definition) is 5. The molecule has 1 fully saturated rings. The minimum atomic E-state index is -1.39. The molecule has 1 aliphatic rings. The van der Waals surface area contributed by atoms with Gasteiger partial charge >= 0.3 is 5.97 Å². The van der Waals surface area contributed by atoms with E-state index in [-0.39, 0.29) is 31.7 Å². The fraction of sp³-hybridized carbons (Fsp3) is 0.611. The van der Waals surface area contributed by atoms with E-state index in [1.165, 1.54) is 4.90 Å². The number of nitrogens with one attached hydrogen (secondary N) is 4. The number of hydrogen-bond acceptors (Lipinski definition) is 8. The minimum Gasteiger partial charge on any atom is -0.460 e. The molecule has 1 saturated heterocycles. The minimum absolute atomic E-state index is 0.0192. The molecule has 6 N–H and O–H groups in total. The summed E-state index contributed by atoms with van der Waals surface area (Å²) in [4.78, 5) is 87.4. The first-order chi connectivity index (χ1) is 24.4. The van der Waals surface area contributed by atoms with Gasteiger partial charge in [-0.05, 0) is 87.0 Å². The number of ether oxygens (including phenoxy) is 1. The number of aromatic nitrogens is 1. The number of H-pyrrole nitrogens is 1. The van der Waals surface area contributed by atoms with Crippen LogP contribution in [0.5, 0.6) is 0 Å². The zero-order chi connectivity index (χ0) is 38.7. The monoisotopic (exact) mass is 723 g/mol. The molecule has 1 aromatic heterocycles. The van der Waals surface area contributed by atoms with Gasteiger partial charge in [0.1, 0.15) is 23.7 Å². The number of esters is 1. The highest BCUT2D eigenvalue weighted by Gasteiger charge is 2.40. The van der Waals surface area contributed by atoms with Crippen molar-refractivity contribution < 1.29 is 33.5 Å². The lowest BCUT2D eigenvalue weighted by atomic mass is 9.97. The number of aromatic amines is 1. The Hall–Kier alpha value is -4.95. The van der Waals surface area contributed by atoms with Crippen LogP contribution in [0.3, 0.4) is 0 Å². The molecule has 3 rings (SSSR count). The van der Waals surface area contributed by atoms with Crippen molar-refractivity contribution in [1.29, 1.82) is 0 Å². The van der Waals surface area contributed by atoms with Crippen molar-refractivity contribution in [2.45, 2.75) is 123 Å². The summed E-state index contributed by atoms with van der Waals surface area (Å²) in [7, 11) is 0. The van der Waals surface area contributed by atoms with Crippen LogP contribution in [0.2, 0.25) is 0 Å². The van der Waals surface area contributed by atoms with Crippen molar-refractivity contribution in [3.63, 3.8) is 0 Å². The summed E-state index contributed by atoms with van der Waals surface area (Å²) < 4.78 is 5.48. The fourth-order valence-corrected chi connectivity index (χ4v) is 6.18. The van der Waals surface area contributed by atoms with E-state index in [1.807, 2.05) is 38.1 Å². The predicted octanol–water partition coefficient (Wildman–Crippen LogP) is 3.14. The Balaban J connectivity index is 1.82. The van der Waals surface area contributed by atoms with Crippen molar-refractivity contribution in [3.05, 3.63) is 46.5 Å². The molecule has 0 spiro atoms. The Bertz CT molecular complexity index is 1660. The largest absolute Gasteiger partial charge is 0.460 e. The summed E-state index contributed by atoms with van der Waals surface area (Å²) in [6, 6.07) is 1.89. The second-order valence-corrected chi connectivity index (χ2v) is 15.0. The van der Waals surface area contributed by atoms with Gasteiger partial charge < -0.3 is 36.3 Å². The molecular weight excluding hydrogens is 670 g/mol. The number of rotatable bonds is 15. The first-order valence-corrected chi connectivity index (χ1v) is 17.7. The Labute approximate surface area is 304 Å². The molecule has 1 aliphatic heterocycles. The Morgan fingerprint density at radius 1 is 1.02 bits per heavy atom. The lowest BCUT2D eigenvalue weighted by Gasteiger charge is -2.38. The van der Waals surface area contributed by atoms with Gasteiger partial charge in [0.15, 0.2) is 0 Å². The maximum Gasteiger partial charge on any atom is 0.308 e. The maximum atomic E-state index is 14.2. The highest BCUT2D eigenvalue weighted by molar-refractivity contribution is 5.97. The van der Waals surface area contributed by atoms with Crippen molar-refractivity contribution in [1.82, 2.24) is 25.8 Å². The average Bonchev–Trinajstić information content (AvgIpc) is 3.47. The van der Waals surface area contributed by atoms with Crippen LogP contribution >= 0.6 is 0 Å². The van der Waals surface area contributed by atoms with Gasteiger partial charge in [0.2, 0.25) is 29.5 Å². The van der Waals surface area contributed by atoms with Gasteiger partial charge in [0.25, 0.3) is 0 Å². The number of amides is 5. The Kier molecular flexibility index (Phi) is 14.8. The number of benzene rings is 1. The number of nitrogens with two attached hydrogens (primary N) is 1. The molecule has 0 unspecified atom stereocenters. The summed E-state index contributed by atoms with van der Waals surface area (Å²) in [5, 5.41) is 12.1. The first-order valence-electron chi connectivity index (χ1n) is 17.7. The molecule has 0 saturated carbocycles. The number of fused-ring (bicyclic) bond motifs is 1. The summed E-state index contributed by atoms with van der Waals surface area (Å²) in [6.45, 7) is 12.3. The molecule has 2 aromatic rings. The van der Waals surface area contributed by atoms with E-state index in [1.54, 1.807) is 40.8 Å². The molecule has 16 nitrogen and oxygen atoms in total. The number of carbonyl (C=O) groups is 6. The summed E-state index contributed by atoms with van der Waals surface area (Å²) >= 11 is 0. The summed E-state index contributed by atoms with van der Waals surface area (Å²) in [5.41, 5.74) is 15.9. The lowest BCUT2D eigenvalue weighted by molar-refractivity contribution is -0.158. The van der Waals surface area contributed by atoms with E-state index in [0.717, 1.165) is 16.5 Å². The molecule has 1 aromatic carbocycles. The molecule has 0 aliphatic carbocycles. The van der Waals surface area contributed by atoms with Gasteiger partial charge in [-0.3, -0.25) is 28.8 Å². The van der Waals surface area contributed by atoms with E-state index in [4.69, 9.17) is 16.0 Å². The molecule has 0 bridgehead atoms. The highest BCUT2D eigenvalue weighted by Crippen LogP contribution is 2.22. The smallest absolute Gasteiger partial charge is 0.308 e.